The zero-order valence-corrected chi connectivity index (χ0v) is 19.9. The number of nitrogens with zero attached hydrogens (tertiary/aromatic N) is 2. The smallest absolute Gasteiger partial charge is 0.238 e. The summed E-state index contributed by atoms with van der Waals surface area (Å²) < 4.78 is 23.7. The van der Waals surface area contributed by atoms with Gasteiger partial charge in [-0.05, 0) is 54.0 Å². The molecule has 8 heteroatoms. The van der Waals surface area contributed by atoms with Crippen LogP contribution < -0.4 is 10.6 Å². The molecule has 0 spiro atoms. The normalized spacial score (nSPS) is 22.7. The van der Waals surface area contributed by atoms with Gasteiger partial charge in [-0.3, -0.25) is 4.79 Å². The lowest BCUT2D eigenvalue weighted by atomic mass is 9.85. The Hall–Kier alpha value is -3.20. The van der Waals surface area contributed by atoms with E-state index in [-0.39, 0.29) is 22.4 Å². The maximum Gasteiger partial charge on any atom is 0.238 e. The van der Waals surface area contributed by atoms with Gasteiger partial charge in [0.15, 0.2) is 9.84 Å². The van der Waals surface area contributed by atoms with Crippen LogP contribution in [0.1, 0.15) is 43.2 Å². The maximum absolute atomic E-state index is 12.8. The molecule has 4 rings (SSSR count). The third kappa shape index (κ3) is 5.30. The van der Waals surface area contributed by atoms with Gasteiger partial charge in [0, 0.05) is 18.7 Å². The molecule has 0 aromatic heterocycles. The number of fused-ring (bicyclic) bond motifs is 1. The minimum atomic E-state index is -3.48. The first-order valence-corrected chi connectivity index (χ1v) is 13.5. The number of carbonyl (C=O) groups excluding carboxylic acids is 1. The number of hydrogen-bond acceptors (Lipinski definition) is 6. The number of nitriles is 2. The van der Waals surface area contributed by atoms with Gasteiger partial charge >= 0.3 is 0 Å². The molecule has 1 amide bonds. The molecule has 1 heterocycles. The first-order chi connectivity index (χ1) is 16.3. The fourth-order valence-electron chi connectivity index (χ4n) is 5.11. The molecular formula is C26H28N4O3S. The van der Waals surface area contributed by atoms with Gasteiger partial charge in [0.25, 0.3) is 0 Å². The lowest BCUT2D eigenvalue weighted by Crippen LogP contribution is -2.47. The molecule has 1 aliphatic carbocycles. The number of hydrogen-bond donors (Lipinski definition) is 2. The van der Waals surface area contributed by atoms with E-state index >= 15 is 0 Å². The number of sulfone groups is 1. The Labute approximate surface area is 200 Å². The Morgan fingerprint density at radius 3 is 2.47 bits per heavy atom. The number of carbonyl (C=O) groups is 1. The van der Waals surface area contributed by atoms with Crippen LogP contribution in [0.5, 0.6) is 0 Å². The number of nitrogens with one attached hydrogen (secondary N) is 2. The molecule has 2 N–H and O–H groups in total. The second-order valence-corrected chi connectivity index (χ2v) is 11.3. The van der Waals surface area contributed by atoms with Crippen molar-refractivity contribution in [1.29, 1.82) is 10.5 Å². The fourth-order valence-corrected chi connectivity index (χ4v) is 5.93. The summed E-state index contributed by atoms with van der Waals surface area (Å²) in [5.74, 6) is 0.457. The zero-order chi connectivity index (χ0) is 24.3. The van der Waals surface area contributed by atoms with E-state index in [0.29, 0.717) is 18.4 Å². The molecule has 0 bridgehead atoms. The quantitative estimate of drug-likeness (QED) is 0.660. The van der Waals surface area contributed by atoms with Gasteiger partial charge in [0.2, 0.25) is 5.91 Å². The number of amides is 1. The third-order valence-corrected chi connectivity index (χ3v) is 8.03. The molecule has 176 valence electrons. The van der Waals surface area contributed by atoms with Gasteiger partial charge in [-0.15, -0.1) is 0 Å². The minimum Gasteiger partial charge on any atom is -0.339 e. The molecule has 1 saturated carbocycles. The third-order valence-electron chi connectivity index (χ3n) is 6.88. The van der Waals surface area contributed by atoms with Crippen LogP contribution in [0.4, 0.5) is 0 Å². The molecule has 0 radical (unpaired) electrons. The van der Waals surface area contributed by atoms with Gasteiger partial charge in [-0.2, -0.15) is 10.5 Å². The van der Waals surface area contributed by atoms with Gasteiger partial charge in [-0.25, -0.2) is 8.42 Å². The van der Waals surface area contributed by atoms with Crippen molar-refractivity contribution in [3.05, 3.63) is 53.6 Å². The summed E-state index contributed by atoms with van der Waals surface area (Å²) in [6.45, 7) is 0. The first-order valence-electron chi connectivity index (χ1n) is 11.6. The second-order valence-electron chi connectivity index (χ2n) is 9.29. The van der Waals surface area contributed by atoms with Crippen LogP contribution in [0, 0.1) is 28.6 Å². The maximum atomic E-state index is 12.8. The highest BCUT2D eigenvalue weighted by Gasteiger charge is 2.38. The van der Waals surface area contributed by atoms with Gasteiger partial charge < -0.3 is 10.6 Å². The zero-order valence-electron chi connectivity index (χ0n) is 19.1. The van der Waals surface area contributed by atoms with Crippen molar-refractivity contribution >= 4 is 15.7 Å². The number of rotatable bonds is 6. The Bertz CT molecular complexity index is 1240. The van der Waals surface area contributed by atoms with E-state index in [4.69, 9.17) is 0 Å². The topological polar surface area (TPSA) is 123 Å². The highest BCUT2D eigenvalue weighted by atomic mass is 32.2. The van der Waals surface area contributed by atoms with Crippen LogP contribution in [-0.4, -0.2) is 38.7 Å². The molecule has 7 nitrogen and oxygen atoms in total. The van der Waals surface area contributed by atoms with Crippen molar-refractivity contribution in [3.63, 3.8) is 0 Å². The van der Waals surface area contributed by atoms with Crippen molar-refractivity contribution in [2.45, 2.75) is 61.5 Å². The van der Waals surface area contributed by atoms with Crippen molar-refractivity contribution < 1.29 is 13.2 Å². The summed E-state index contributed by atoms with van der Waals surface area (Å²) in [6, 6.07) is 15.9. The summed E-state index contributed by atoms with van der Waals surface area (Å²) in [6.07, 6.45) is 7.03. The second kappa shape index (κ2) is 9.97. The Morgan fingerprint density at radius 2 is 1.82 bits per heavy atom. The predicted molar refractivity (Wildman–Crippen MR) is 128 cm³/mol. The van der Waals surface area contributed by atoms with E-state index in [1.807, 2.05) is 30.3 Å². The Morgan fingerprint density at radius 1 is 1.12 bits per heavy atom. The summed E-state index contributed by atoms with van der Waals surface area (Å²) in [5.41, 5.74) is 2.57. The van der Waals surface area contributed by atoms with Crippen molar-refractivity contribution in [2.75, 3.05) is 6.26 Å². The highest BCUT2D eigenvalue weighted by Crippen LogP contribution is 2.33. The van der Waals surface area contributed by atoms with E-state index in [1.165, 1.54) is 25.3 Å². The highest BCUT2D eigenvalue weighted by molar-refractivity contribution is 7.90. The lowest BCUT2D eigenvalue weighted by molar-refractivity contribution is -0.123. The molecule has 1 aliphatic heterocycles. The minimum absolute atomic E-state index is 0.0129. The Balaban J connectivity index is 1.40. The molecule has 4 atom stereocenters. The molecule has 2 aliphatic rings. The standard InChI is InChI=1S/C26H28N4O3S/c1-34(32,33)25-11-10-19(13-21(25)15-27)18-8-6-17(7-9-18)12-22(16-28)29-26(31)24-14-20-4-2-3-5-23(20)30-24/h6-11,13,20,22-24,30H,2-5,12,14H2,1H3,(H,29,31)/t20-,22-,23-,24-/m0/s1. The average Bonchev–Trinajstić information content (AvgIpc) is 3.27. The van der Waals surface area contributed by atoms with Gasteiger partial charge in [0.05, 0.1) is 22.6 Å². The summed E-state index contributed by atoms with van der Waals surface area (Å²) in [5, 5.41) is 25.3. The van der Waals surface area contributed by atoms with Gasteiger partial charge in [0.1, 0.15) is 12.1 Å². The largest absolute Gasteiger partial charge is 0.339 e. The molecular weight excluding hydrogens is 448 g/mol. The van der Waals surface area contributed by atoms with E-state index in [9.17, 15) is 23.7 Å². The lowest BCUT2D eigenvalue weighted by Gasteiger charge is -2.24. The average molecular weight is 477 g/mol. The number of benzene rings is 2. The van der Waals surface area contributed by atoms with Crippen molar-refractivity contribution in [2.24, 2.45) is 5.92 Å². The Kier molecular flexibility index (Phi) is 7.02. The van der Waals surface area contributed by atoms with E-state index < -0.39 is 15.9 Å². The molecule has 2 aromatic rings. The summed E-state index contributed by atoms with van der Waals surface area (Å²) >= 11 is 0. The molecule has 2 aromatic carbocycles. The molecule has 1 saturated heterocycles. The van der Waals surface area contributed by atoms with Crippen LogP contribution in [0.15, 0.2) is 47.4 Å². The summed E-state index contributed by atoms with van der Waals surface area (Å²) in [7, 11) is -3.48. The summed E-state index contributed by atoms with van der Waals surface area (Å²) in [4.78, 5) is 12.8. The van der Waals surface area contributed by atoms with Crippen LogP contribution >= 0.6 is 0 Å². The van der Waals surface area contributed by atoms with E-state index in [1.54, 1.807) is 12.1 Å². The van der Waals surface area contributed by atoms with Crippen molar-refractivity contribution in [3.8, 4) is 23.3 Å². The monoisotopic (exact) mass is 476 g/mol. The van der Waals surface area contributed by atoms with E-state index in [2.05, 4.69) is 16.7 Å². The molecule has 0 unspecified atom stereocenters. The van der Waals surface area contributed by atoms with Crippen LogP contribution in [0.3, 0.4) is 0 Å². The van der Waals surface area contributed by atoms with Crippen LogP contribution in [-0.2, 0) is 21.1 Å². The predicted octanol–water partition coefficient (Wildman–Crippen LogP) is 3.10. The fraction of sp³-hybridized carbons (Fsp3) is 0.423. The van der Waals surface area contributed by atoms with Crippen LogP contribution in [0.2, 0.25) is 0 Å². The van der Waals surface area contributed by atoms with Crippen LogP contribution in [0.25, 0.3) is 11.1 Å². The first kappa shape index (κ1) is 23.9. The SMILES string of the molecule is CS(=O)(=O)c1ccc(-c2ccc(C[C@@H](C#N)NC(=O)[C@@H]3C[C@@H]4CCCC[C@@H]4N3)cc2)cc1C#N. The van der Waals surface area contributed by atoms with E-state index in [0.717, 1.165) is 35.8 Å². The van der Waals surface area contributed by atoms with Crippen molar-refractivity contribution in [1.82, 2.24) is 10.6 Å². The van der Waals surface area contributed by atoms with Gasteiger partial charge in [-0.1, -0.05) is 43.2 Å². The molecule has 2 fully saturated rings. The molecule has 34 heavy (non-hydrogen) atoms.